The van der Waals surface area contributed by atoms with Crippen LogP contribution in [0.2, 0.25) is 0 Å². The minimum Gasteiger partial charge on any atom is -0.294 e. The molecule has 7 heterocycles. The zero-order chi connectivity index (χ0) is 97.0. The Bertz CT molecular complexity index is 4840. The van der Waals surface area contributed by atoms with Crippen molar-refractivity contribution in [1.29, 1.82) is 0 Å². The summed E-state index contributed by atoms with van der Waals surface area (Å²) in [4.78, 5) is 108. The predicted molar refractivity (Wildman–Crippen MR) is 597 cm³/mol. The van der Waals surface area contributed by atoms with E-state index < -0.39 is 4.92 Å². The third-order valence-corrected chi connectivity index (χ3v) is 45.9. The lowest BCUT2D eigenvalue weighted by molar-refractivity contribution is -0.384. The molecule has 8 aromatic rings. The summed E-state index contributed by atoms with van der Waals surface area (Å²) in [5, 5.41) is 10.8. The van der Waals surface area contributed by atoms with Gasteiger partial charge in [-0.05, 0) is 289 Å². The Hall–Kier alpha value is -6.68. The molecule has 2 unspecified atom stereocenters. The van der Waals surface area contributed by atoms with E-state index in [4.69, 9.17) is 0 Å². The summed E-state index contributed by atoms with van der Waals surface area (Å²) in [5.74, 6) is 27.0. The smallest absolute Gasteiger partial charge is 0.269 e. The minimum absolute atomic E-state index is 0.0323. The first-order valence-electron chi connectivity index (χ1n) is 50.9. The van der Waals surface area contributed by atoms with Crippen LogP contribution < -0.4 is 0 Å². The highest BCUT2D eigenvalue weighted by atomic mass is 32.2. The molecule has 8 aromatic carbocycles. The molecule has 2 atom stereocenters. The second kappa shape index (κ2) is 60.6. The van der Waals surface area contributed by atoms with Gasteiger partial charge in [0.2, 0.25) is 40.5 Å². The zero-order valence-corrected chi connectivity index (χ0v) is 90.1. The van der Waals surface area contributed by atoms with Gasteiger partial charge < -0.3 is 0 Å². The lowest BCUT2D eigenvalue weighted by Crippen LogP contribution is -2.32. The van der Waals surface area contributed by atoms with E-state index in [0.717, 1.165) is 106 Å². The Balaban J connectivity index is 0.000000161. The molecular weight excluding hydrogens is 1840 g/mol. The number of hydrogen-bond donors (Lipinski definition) is 0. The molecule has 19 heteroatoms. The number of ketones is 8. The average molecular weight is 2000 g/mol. The van der Waals surface area contributed by atoms with Crippen LogP contribution in [0.4, 0.5) is 5.69 Å². The lowest BCUT2D eigenvalue weighted by atomic mass is 9.84. The van der Waals surface area contributed by atoms with Gasteiger partial charge in [-0.2, -0.15) is 0 Å². The maximum atomic E-state index is 12.3. The van der Waals surface area contributed by atoms with Crippen LogP contribution in [0, 0.1) is 29.9 Å². The topological polar surface area (TPSA) is 180 Å². The molecule has 0 radical (unpaired) electrons. The molecule has 732 valence electrons. The largest absolute Gasteiger partial charge is 0.294 e. The van der Waals surface area contributed by atoms with Gasteiger partial charge in [-0.25, -0.2) is 0 Å². The van der Waals surface area contributed by atoms with E-state index in [-0.39, 0.29) is 38.7 Å². The Morgan fingerprint density at radius 1 is 0.368 bits per heavy atom. The van der Waals surface area contributed by atoms with Crippen molar-refractivity contribution in [3.05, 3.63) is 283 Å². The highest BCUT2D eigenvalue weighted by Crippen LogP contribution is 2.34. The summed E-state index contributed by atoms with van der Waals surface area (Å²) in [6.45, 7) is 17.3. The number of nitrogens with zero attached hydrogens (tertiary/aromatic N) is 1. The van der Waals surface area contributed by atoms with Crippen molar-refractivity contribution in [2.24, 2.45) is 5.92 Å². The van der Waals surface area contributed by atoms with Crippen molar-refractivity contribution < 1.29 is 43.3 Å². The molecule has 0 N–H and O–H groups in total. The fourth-order valence-corrected chi connectivity index (χ4v) is 36.1. The van der Waals surface area contributed by atoms with Gasteiger partial charge in [0.15, 0.2) is 56.2 Å². The lowest BCUT2D eigenvalue weighted by Gasteiger charge is -2.21. The number of unbranched alkanes of at least 4 members (excludes halogenated alkanes) is 1. The summed E-state index contributed by atoms with van der Waals surface area (Å²) in [6.07, 6.45) is 36.3. The minimum atomic E-state index is -0.451. The van der Waals surface area contributed by atoms with Crippen molar-refractivity contribution >= 4 is 139 Å². The second-order valence-corrected chi connectivity index (χ2v) is 58.0. The molecule has 9 aliphatic rings. The maximum absolute atomic E-state index is 12.3. The zero-order valence-electron chi connectivity index (χ0n) is 83.5. The van der Waals surface area contributed by atoms with Crippen LogP contribution in [0.5, 0.6) is 0 Å². The van der Waals surface area contributed by atoms with Gasteiger partial charge in [-0.15, -0.1) is 0 Å². The number of non-ortho nitro benzene ring substituents is 1. The fraction of sp³-hybridized carbons (Fsp3) is 0.521. The molecule has 0 spiro atoms. The quantitative estimate of drug-likeness (QED) is 0.0182. The van der Waals surface area contributed by atoms with Crippen LogP contribution in [0.25, 0.3) is 0 Å². The molecule has 7 aliphatic heterocycles. The number of hydrogen-bond acceptors (Lipinski definition) is 10. The second-order valence-electron chi connectivity index (χ2n) is 39.6. The number of nitro benzene ring substituents is 1. The van der Waals surface area contributed by atoms with Crippen LogP contribution in [0.3, 0.4) is 0 Å². The van der Waals surface area contributed by atoms with E-state index in [1.54, 1.807) is 12.1 Å². The number of benzene rings is 8. The molecule has 0 bridgehead atoms. The van der Waals surface area contributed by atoms with Crippen LogP contribution in [-0.4, -0.2) is 184 Å². The van der Waals surface area contributed by atoms with Crippen molar-refractivity contribution in [1.82, 2.24) is 0 Å². The number of carbonyl (C=O) groups is 8. The Labute approximate surface area is 841 Å². The van der Waals surface area contributed by atoms with Crippen molar-refractivity contribution in [2.75, 3.05) is 127 Å². The summed E-state index contributed by atoms with van der Waals surface area (Å²) in [7, 11) is 2.63. The molecule has 0 amide bonds. The number of carbonyl (C=O) groups excluding carboxylic acids is 8. The van der Waals surface area contributed by atoms with Crippen molar-refractivity contribution in [3.8, 4) is 0 Å². The summed E-state index contributed by atoms with van der Waals surface area (Å²) in [5.41, 5.74) is 14.1. The van der Waals surface area contributed by atoms with Gasteiger partial charge >= 0.3 is 0 Å². The molecule has 0 aromatic heterocycles. The molecule has 11 nitrogen and oxygen atoms in total. The highest BCUT2D eigenvalue weighted by Gasteiger charge is 2.38. The average Bonchev–Trinajstić information content (AvgIpc) is 1.08. The van der Waals surface area contributed by atoms with E-state index in [1.165, 1.54) is 272 Å². The Morgan fingerprint density at radius 3 is 0.949 bits per heavy atom. The highest BCUT2D eigenvalue weighted by molar-refractivity contribution is 7.99. The maximum Gasteiger partial charge on any atom is 0.269 e. The molecular formula is C117H159NO10S8+8. The van der Waals surface area contributed by atoms with E-state index in [9.17, 15) is 48.5 Å². The number of aryl methyl sites for hydroxylation is 3. The Morgan fingerprint density at radius 2 is 0.654 bits per heavy atom. The summed E-state index contributed by atoms with van der Waals surface area (Å²) >= 11 is 0. The number of rotatable bonds is 30. The molecule has 2 saturated carbocycles. The van der Waals surface area contributed by atoms with Gasteiger partial charge in [0.25, 0.3) is 5.69 Å². The van der Waals surface area contributed by atoms with E-state index in [0.29, 0.717) is 128 Å². The third-order valence-electron chi connectivity index (χ3n) is 26.7. The van der Waals surface area contributed by atoms with E-state index in [1.807, 2.05) is 105 Å². The Kier molecular flexibility index (Phi) is 49.6. The van der Waals surface area contributed by atoms with E-state index in [2.05, 4.69) is 133 Å². The van der Waals surface area contributed by atoms with Gasteiger partial charge in [-0.3, -0.25) is 48.5 Å². The standard InChI is InChI=1S/C18H25OS.3C16H23OS.3C13H17OS.C12H14NO3S/c19-18(14-20-12-4-5-13-20)17-10-8-16(9-11-17)15-6-2-1-3-7-15;1-16(2,3)14-8-6-13(7-9-14)15(17)12-18-10-4-5-11-18;1-13(2)11-14-5-7-15(8-6-14)16(17)12-18-9-3-4-10-18;1-2-3-6-14-7-9-15(10-8-14)16(17)13-18-11-4-5-12-18;2*1-11-4-6-12(7-5-11)13(14)10-15-8-2-3-9-15;1-15(11-7-3-2-4-8-11)13-10-6-5-9-12(13)14;14-12(9-17-7-1-2-8-17)10-3-5-11(6-4-10)13(15)16/h8-11,15H,1-7,12-14H2;6-9H,4-5,10-12H2,1-3H3;5-8,13H,3-4,9-12H2,1-2H3;7-10H,2-6,11-13H2,1H3;2*4-7H,2-3,8-10H2,1H3;2-4,7-8,13H,5-6,9-10H2,1H3;3-6H,1-2,7-9H2/q8*+1. The molecule has 9 fully saturated rings. The van der Waals surface area contributed by atoms with Gasteiger partial charge in [0.05, 0.1) is 4.92 Å². The van der Waals surface area contributed by atoms with Crippen LogP contribution in [0.1, 0.15) is 314 Å². The summed E-state index contributed by atoms with van der Waals surface area (Å²) < 4.78 is 0. The van der Waals surface area contributed by atoms with Crippen LogP contribution in [0.15, 0.2) is 205 Å². The van der Waals surface area contributed by atoms with Crippen LogP contribution in [-0.2, 0) is 110 Å². The van der Waals surface area contributed by atoms with Crippen molar-refractivity contribution in [2.45, 2.75) is 250 Å². The SMILES string of the molecule is CC(C)(C)c1ccc(C(=O)C[S+]2CCCC2)cc1.CC(C)Cc1ccc(C(=O)C[S+]2CCCC2)cc1.CCCCc1ccc(C(=O)C[S+]2CCCC2)cc1.C[S+](c1ccccc1)C1CCCCC1=O.Cc1ccc(C(=O)C[S+]2CCCC2)cc1.Cc1ccc(C(=O)C[S+]2CCCC2)cc1.O=C(C[S+]1CCCC1)c1ccc(C2CCCCC2)cc1.O=C(C[S+]1CCCC1)c1ccc([N+](=O)[O-])cc1. The molecule has 7 saturated heterocycles. The van der Waals surface area contributed by atoms with Gasteiger partial charge in [-0.1, -0.05) is 242 Å². The first-order valence-corrected chi connectivity index (χ1v) is 64.7. The van der Waals surface area contributed by atoms with Crippen LogP contribution >= 0.6 is 0 Å². The fourth-order valence-electron chi connectivity index (χ4n) is 18.3. The first-order chi connectivity index (χ1) is 65.7. The predicted octanol–water partition coefficient (Wildman–Crippen LogP) is 25.2. The van der Waals surface area contributed by atoms with Gasteiger partial charge in [0.1, 0.15) is 86.8 Å². The normalized spacial score (nSPS) is 18.0. The third kappa shape index (κ3) is 40.0. The summed E-state index contributed by atoms with van der Waals surface area (Å²) in [6, 6.07) is 65.6. The number of nitro groups is 1. The monoisotopic (exact) mass is 1990 g/mol. The van der Waals surface area contributed by atoms with Crippen molar-refractivity contribution in [3.63, 3.8) is 0 Å². The van der Waals surface area contributed by atoms with Gasteiger partial charge in [0, 0.05) is 74.8 Å². The molecule has 17 rings (SSSR count). The number of Topliss-reactive ketones (excluding diaryl/α,β-unsaturated/α-hetero) is 8. The molecule has 136 heavy (non-hydrogen) atoms. The molecule has 2 aliphatic carbocycles. The van der Waals surface area contributed by atoms with E-state index >= 15 is 0 Å². The first kappa shape index (κ1) is 111.